The number of aromatic nitrogens is 2. The van der Waals surface area contributed by atoms with Crippen molar-refractivity contribution in [1.29, 1.82) is 0 Å². The SMILES string of the molecule is CC(C)CNC(=O)Nc1ccc(-c2nc(CS(C)(=O)=O)cc(N3CCOC[C@@H]3C)n2)cc1. The van der Waals surface area contributed by atoms with E-state index in [0.29, 0.717) is 55.2 Å². The van der Waals surface area contributed by atoms with Gasteiger partial charge < -0.3 is 20.3 Å². The van der Waals surface area contributed by atoms with Crippen LogP contribution in [0.15, 0.2) is 30.3 Å². The Bertz CT molecular complexity index is 1040. The molecule has 32 heavy (non-hydrogen) atoms. The number of benzene rings is 1. The number of amides is 2. The van der Waals surface area contributed by atoms with Gasteiger partial charge in [0.05, 0.1) is 30.7 Å². The van der Waals surface area contributed by atoms with Crippen molar-refractivity contribution in [2.75, 3.05) is 42.8 Å². The van der Waals surface area contributed by atoms with Crippen LogP contribution in [0.2, 0.25) is 0 Å². The third-order valence-electron chi connectivity index (χ3n) is 4.91. The molecule has 2 heterocycles. The zero-order valence-electron chi connectivity index (χ0n) is 19.0. The number of anilines is 2. The maximum Gasteiger partial charge on any atom is 0.319 e. The summed E-state index contributed by atoms with van der Waals surface area (Å²) in [4.78, 5) is 23.3. The van der Waals surface area contributed by atoms with Gasteiger partial charge in [0.2, 0.25) is 0 Å². The van der Waals surface area contributed by atoms with Crippen molar-refractivity contribution < 1.29 is 17.9 Å². The van der Waals surface area contributed by atoms with E-state index in [2.05, 4.69) is 20.5 Å². The van der Waals surface area contributed by atoms with Crippen LogP contribution in [0.1, 0.15) is 26.5 Å². The second kappa shape index (κ2) is 10.3. The molecular formula is C22H31N5O4S. The van der Waals surface area contributed by atoms with Gasteiger partial charge in [0.25, 0.3) is 0 Å². The highest BCUT2D eigenvalue weighted by Gasteiger charge is 2.22. The van der Waals surface area contributed by atoms with Gasteiger partial charge in [0.15, 0.2) is 15.7 Å². The first-order chi connectivity index (χ1) is 15.1. The lowest BCUT2D eigenvalue weighted by Gasteiger charge is -2.34. The predicted octanol–water partition coefficient (Wildman–Crippen LogP) is 2.69. The maximum absolute atomic E-state index is 12.0. The minimum atomic E-state index is -3.26. The van der Waals surface area contributed by atoms with Crippen molar-refractivity contribution in [2.45, 2.75) is 32.6 Å². The zero-order chi connectivity index (χ0) is 23.3. The molecule has 0 radical (unpaired) electrons. The molecule has 9 nitrogen and oxygen atoms in total. The number of nitrogens with one attached hydrogen (secondary N) is 2. The van der Waals surface area contributed by atoms with E-state index >= 15 is 0 Å². The van der Waals surface area contributed by atoms with Crippen molar-refractivity contribution in [3.63, 3.8) is 0 Å². The summed E-state index contributed by atoms with van der Waals surface area (Å²) in [5.41, 5.74) is 1.82. The summed E-state index contributed by atoms with van der Waals surface area (Å²) in [5, 5.41) is 5.60. The Morgan fingerprint density at radius 1 is 1.25 bits per heavy atom. The second-order valence-corrected chi connectivity index (χ2v) is 10.7. The topological polar surface area (TPSA) is 114 Å². The highest BCUT2D eigenvalue weighted by Crippen LogP contribution is 2.25. The van der Waals surface area contributed by atoms with Crippen molar-refractivity contribution in [1.82, 2.24) is 15.3 Å². The third kappa shape index (κ3) is 6.89. The number of urea groups is 1. The zero-order valence-corrected chi connectivity index (χ0v) is 19.8. The lowest BCUT2D eigenvalue weighted by Crippen LogP contribution is -2.44. The number of ether oxygens (including phenoxy) is 1. The van der Waals surface area contributed by atoms with E-state index in [1.165, 1.54) is 6.26 Å². The molecule has 1 aliphatic rings. The maximum atomic E-state index is 12.0. The van der Waals surface area contributed by atoms with Gasteiger partial charge in [-0.3, -0.25) is 0 Å². The molecule has 3 rings (SSSR count). The van der Waals surface area contributed by atoms with Crippen LogP contribution < -0.4 is 15.5 Å². The standard InChI is InChI=1S/C22H31N5O4S/c1-15(2)12-23-22(28)25-18-7-5-17(6-8-18)21-24-19(14-32(4,29)30)11-20(26-21)27-9-10-31-13-16(27)3/h5-8,11,15-16H,9-10,12-14H2,1-4H3,(H2,23,25,28)/t16-/m0/s1. The minimum absolute atomic E-state index is 0.119. The van der Waals surface area contributed by atoms with Gasteiger partial charge in [-0.25, -0.2) is 23.2 Å². The molecule has 0 aliphatic carbocycles. The molecule has 1 saturated heterocycles. The van der Waals surface area contributed by atoms with Crippen molar-refractivity contribution in [2.24, 2.45) is 5.92 Å². The molecule has 0 unspecified atom stereocenters. The Morgan fingerprint density at radius 2 is 1.97 bits per heavy atom. The average Bonchev–Trinajstić information content (AvgIpc) is 2.71. The smallest absolute Gasteiger partial charge is 0.319 e. The number of sulfone groups is 1. The molecule has 1 aromatic carbocycles. The molecule has 174 valence electrons. The highest BCUT2D eigenvalue weighted by molar-refractivity contribution is 7.89. The van der Waals surface area contributed by atoms with Crippen LogP contribution in [0.3, 0.4) is 0 Å². The van der Waals surface area contributed by atoms with E-state index in [1.54, 1.807) is 18.2 Å². The number of rotatable bonds is 7. The van der Waals surface area contributed by atoms with Gasteiger partial charge in [-0.05, 0) is 37.1 Å². The van der Waals surface area contributed by atoms with Gasteiger partial charge in [-0.15, -0.1) is 0 Å². The fraction of sp³-hybridized carbons (Fsp3) is 0.500. The Balaban J connectivity index is 1.86. The lowest BCUT2D eigenvalue weighted by molar-refractivity contribution is 0.0985. The molecule has 2 N–H and O–H groups in total. The quantitative estimate of drug-likeness (QED) is 0.652. The summed E-state index contributed by atoms with van der Waals surface area (Å²) in [6, 6.07) is 8.76. The number of nitrogens with zero attached hydrogens (tertiary/aromatic N) is 3. The van der Waals surface area contributed by atoms with Crippen molar-refractivity contribution in [3.8, 4) is 11.4 Å². The van der Waals surface area contributed by atoms with Gasteiger partial charge in [-0.2, -0.15) is 0 Å². The van der Waals surface area contributed by atoms with E-state index in [9.17, 15) is 13.2 Å². The number of carbonyl (C=O) groups is 1. The molecule has 1 aliphatic heterocycles. The van der Waals surface area contributed by atoms with Gasteiger partial charge in [0, 0.05) is 36.7 Å². The first kappa shape index (κ1) is 23.9. The van der Waals surface area contributed by atoms with Crippen LogP contribution >= 0.6 is 0 Å². The van der Waals surface area contributed by atoms with Gasteiger partial charge in [-0.1, -0.05) is 13.8 Å². The molecule has 1 atom stereocenters. The van der Waals surface area contributed by atoms with E-state index in [1.807, 2.05) is 32.9 Å². The van der Waals surface area contributed by atoms with Gasteiger partial charge in [0.1, 0.15) is 5.82 Å². The Morgan fingerprint density at radius 3 is 2.59 bits per heavy atom. The van der Waals surface area contributed by atoms with E-state index in [-0.39, 0.29) is 17.8 Å². The lowest BCUT2D eigenvalue weighted by atomic mass is 10.2. The largest absolute Gasteiger partial charge is 0.377 e. The van der Waals surface area contributed by atoms with Crippen LogP contribution in [0.4, 0.5) is 16.3 Å². The van der Waals surface area contributed by atoms with Crippen LogP contribution in [-0.4, -0.2) is 63.0 Å². The number of hydrogen-bond donors (Lipinski definition) is 2. The fourth-order valence-electron chi connectivity index (χ4n) is 3.34. The Hall–Kier alpha value is -2.72. The number of carbonyl (C=O) groups excluding carboxylic acids is 1. The normalized spacial score (nSPS) is 16.8. The first-order valence-electron chi connectivity index (χ1n) is 10.7. The molecular weight excluding hydrogens is 430 g/mol. The van der Waals surface area contributed by atoms with Crippen LogP contribution in [0, 0.1) is 5.92 Å². The van der Waals surface area contributed by atoms with Crippen LogP contribution in [-0.2, 0) is 20.3 Å². The monoisotopic (exact) mass is 461 g/mol. The summed E-state index contributed by atoms with van der Waals surface area (Å²) in [5.74, 6) is 1.32. The third-order valence-corrected chi connectivity index (χ3v) is 5.73. The first-order valence-corrected chi connectivity index (χ1v) is 12.7. The minimum Gasteiger partial charge on any atom is -0.377 e. The van der Waals surface area contributed by atoms with E-state index < -0.39 is 9.84 Å². The van der Waals surface area contributed by atoms with E-state index in [0.717, 1.165) is 5.56 Å². The average molecular weight is 462 g/mol. The molecule has 0 bridgehead atoms. The van der Waals surface area contributed by atoms with Crippen LogP contribution in [0.25, 0.3) is 11.4 Å². The molecule has 10 heteroatoms. The molecule has 2 aromatic rings. The molecule has 2 amide bonds. The van der Waals surface area contributed by atoms with Crippen molar-refractivity contribution >= 4 is 27.4 Å². The van der Waals surface area contributed by atoms with Crippen molar-refractivity contribution in [3.05, 3.63) is 36.0 Å². The summed E-state index contributed by atoms with van der Waals surface area (Å²) < 4.78 is 29.3. The Kier molecular flexibility index (Phi) is 7.68. The summed E-state index contributed by atoms with van der Waals surface area (Å²) in [7, 11) is -3.26. The fourth-order valence-corrected chi connectivity index (χ4v) is 4.03. The number of morpholine rings is 1. The summed E-state index contributed by atoms with van der Waals surface area (Å²) in [6.45, 7) is 8.53. The second-order valence-electron chi connectivity index (χ2n) is 8.53. The summed E-state index contributed by atoms with van der Waals surface area (Å²) >= 11 is 0. The molecule has 0 saturated carbocycles. The molecule has 0 spiro atoms. The van der Waals surface area contributed by atoms with E-state index in [4.69, 9.17) is 9.72 Å². The predicted molar refractivity (Wildman–Crippen MR) is 126 cm³/mol. The highest BCUT2D eigenvalue weighted by atomic mass is 32.2. The Labute approximate surface area is 189 Å². The molecule has 1 aromatic heterocycles. The van der Waals surface area contributed by atoms with Crippen LogP contribution in [0.5, 0.6) is 0 Å². The van der Waals surface area contributed by atoms with Gasteiger partial charge >= 0.3 is 6.03 Å². The number of hydrogen-bond acceptors (Lipinski definition) is 7. The molecule has 1 fully saturated rings. The summed E-state index contributed by atoms with van der Waals surface area (Å²) in [6.07, 6.45) is 1.19.